The van der Waals surface area contributed by atoms with Crippen molar-refractivity contribution in [1.29, 1.82) is 0 Å². The first-order chi connectivity index (χ1) is 11.1. The Kier molecular flexibility index (Phi) is 3.34. The summed E-state index contributed by atoms with van der Waals surface area (Å²) < 4.78 is 9.14. The van der Waals surface area contributed by atoms with Gasteiger partial charge in [-0.15, -0.1) is 0 Å². The van der Waals surface area contributed by atoms with Gasteiger partial charge >= 0.3 is 0 Å². The number of hydrogen-bond donors (Lipinski definition) is 0. The van der Waals surface area contributed by atoms with Crippen LogP contribution in [0.1, 0.15) is 5.89 Å². The third-order valence-corrected chi connectivity index (χ3v) is 4.52. The van der Waals surface area contributed by atoms with Crippen LogP contribution in [0.5, 0.6) is 0 Å². The number of hydrogen-bond acceptors (Lipinski definition) is 2. The first-order valence-corrected chi connectivity index (χ1v) is 8.20. The predicted octanol–water partition coefficient (Wildman–Crippen LogP) is 5.57. The molecule has 0 spiro atoms. The molecule has 0 atom stereocenters. The van der Waals surface area contributed by atoms with E-state index in [9.17, 15) is 0 Å². The maximum absolute atomic E-state index is 5.97. The van der Waals surface area contributed by atoms with Gasteiger partial charge in [0, 0.05) is 46.7 Å². The number of fused-ring (bicyclic) bond motifs is 1. The lowest BCUT2D eigenvalue weighted by molar-refractivity contribution is 0.535. The molecule has 0 saturated heterocycles. The summed E-state index contributed by atoms with van der Waals surface area (Å²) in [6.45, 7) is 1.89. The van der Waals surface area contributed by atoms with Gasteiger partial charge in [-0.3, -0.25) is 0 Å². The van der Waals surface area contributed by atoms with Gasteiger partial charge in [-0.2, -0.15) is 0 Å². The highest BCUT2D eigenvalue weighted by atomic mass is 79.9. The number of nitrogens with zero attached hydrogens (tertiary/aromatic N) is 2. The van der Waals surface area contributed by atoms with Crippen molar-refractivity contribution in [3.8, 4) is 22.6 Å². The molecule has 4 heteroatoms. The normalized spacial score (nSPS) is 11.3. The fraction of sp³-hybridized carbons (Fsp3) is 0.105. The molecule has 0 bridgehead atoms. The van der Waals surface area contributed by atoms with Crippen molar-refractivity contribution in [2.75, 3.05) is 0 Å². The molecule has 0 N–H and O–H groups in total. The molecule has 2 aromatic heterocycles. The Hall–Kier alpha value is -2.33. The van der Waals surface area contributed by atoms with Gasteiger partial charge in [0.25, 0.3) is 0 Å². The molecule has 0 radical (unpaired) electrons. The molecule has 2 aromatic carbocycles. The van der Waals surface area contributed by atoms with Gasteiger partial charge in [-0.1, -0.05) is 46.3 Å². The molecule has 2 heterocycles. The van der Waals surface area contributed by atoms with E-state index in [1.807, 2.05) is 38.2 Å². The molecule has 0 saturated carbocycles. The van der Waals surface area contributed by atoms with Crippen LogP contribution in [-0.4, -0.2) is 9.55 Å². The number of rotatable bonds is 2. The quantitative estimate of drug-likeness (QED) is 0.464. The Morgan fingerprint density at radius 2 is 1.78 bits per heavy atom. The molecule has 0 unspecified atom stereocenters. The predicted molar refractivity (Wildman–Crippen MR) is 96.3 cm³/mol. The van der Waals surface area contributed by atoms with E-state index in [0.717, 1.165) is 27.1 Å². The minimum Gasteiger partial charge on any atom is -0.440 e. The lowest BCUT2D eigenvalue weighted by atomic mass is 10.1. The summed E-state index contributed by atoms with van der Waals surface area (Å²) in [5.41, 5.74) is 4.18. The number of oxazole rings is 1. The van der Waals surface area contributed by atoms with E-state index >= 15 is 0 Å². The number of aryl methyl sites for hydroxylation is 2. The number of aromatic nitrogens is 2. The standard InChI is InChI=1S/C19H15BrN2O/c1-12-21-18(13-7-9-14(20)10-8-13)19(23-12)16-11-22(2)17-6-4-3-5-15(16)17/h3-11H,1-2H3. The second-order valence-corrected chi connectivity index (χ2v) is 6.50. The second-order valence-electron chi connectivity index (χ2n) is 5.59. The first kappa shape index (κ1) is 14.3. The van der Waals surface area contributed by atoms with Crippen molar-refractivity contribution in [2.45, 2.75) is 6.92 Å². The average Bonchev–Trinajstić information content (AvgIpc) is 3.09. The summed E-state index contributed by atoms with van der Waals surface area (Å²) >= 11 is 3.48. The Labute approximate surface area is 142 Å². The molecular formula is C19H15BrN2O. The highest BCUT2D eigenvalue weighted by Gasteiger charge is 2.19. The molecule has 0 aliphatic carbocycles. The number of halogens is 1. The largest absolute Gasteiger partial charge is 0.440 e. The first-order valence-electron chi connectivity index (χ1n) is 7.41. The van der Waals surface area contributed by atoms with Crippen molar-refractivity contribution < 1.29 is 4.42 Å². The summed E-state index contributed by atoms with van der Waals surface area (Å²) in [4.78, 5) is 4.61. The molecule has 4 aromatic rings. The maximum Gasteiger partial charge on any atom is 0.192 e. The van der Waals surface area contributed by atoms with Crippen LogP contribution in [0.2, 0.25) is 0 Å². The fourth-order valence-electron chi connectivity index (χ4n) is 2.94. The molecule has 4 rings (SSSR count). The van der Waals surface area contributed by atoms with Crippen LogP contribution >= 0.6 is 15.9 Å². The summed E-state index contributed by atoms with van der Waals surface area (Å²) in [6.07, 6.45) is 2.10. The molecule has 114 valence electrons. The van der Waals surface area contributed by atoms with Gasteiger partial charge in [0.05, 0.1) is 0 Å². The molecular weight excluding hydrogens is 352 g/mol. The van der Waals surface area contributed by atoms with Crippen LogP contribution in [0.4, 0.5) is 0 Å². The second kappa shape index (κ2) is 5.39. The van der Waals surface area contributed by atoms with E-state index in [1.165, 1.54) is 10.9 Å². The maximum atomic E-state index is 5.97. The smallest absolute Gasteiger partial charge is 0.192 e. The molecule has 0 aliphatic rings. The number of benzene rings is 2. The Balaban J connectivity index is 1.97. The van der Waals surface area contributed by atoms with E-state index in [2.05, 4.69) is 55.9 Å². The molecule has 0 fully saturated rings. The van der Waals surface area contributed by atoms with E-state index in [4.69, 9.17) is 4.42 Å². The zero-order valence-corrected chi connectivity index (χ0v) is 14.5. The van der Waals surface area contributed by atoms with Gasteiger partial charge in [-0.25, -0.2) is 4.98 Å². The monoisotopic (exact) mass is 366 g/mol. The van der Waals surface area contributed by atoms with Crippen molar-refractivity contribution in [2.24, 2.45) is 7.05 Å². The SMILES string of the molecule is Cc1nc(-c2ccc(Br)cc2)c(-c2cn(C)c3ccccc23)o1. The van der Waals surface area contributed by atoms with E-state index in [-0.39, 0.29) is 0 Å². The van der Waals surface area contributed by atoms with Crippen molar-refractivity contribution >= 4 is 26.8 Å². The summed E-state index contributed by atoms with van der Waals surface area (Å²) in [7, 11) is 2.05. The number of para-hydroxylation sites is 1. The van der Waals surface area contributed by atoms with Crippen LogP contribution < -0.4 is 0 Å². The zero-order chi connectivity index (χ0) is 16.0. The topological polar surface area (TPSA) is 31.0 Å². The fourth-order valence-corrected chi connectivity index (χ4v) is 3.20. The van der Waals surface area contributed by atoms with Gasteiger partial charge in [0.15, 0.2) is 11.7 Å². The van der Waals surface area contributed by atoms with Gasteiger partial charge in [0.2, 0.25) is 0 Å². The highest BCUT2D eigenvalue weighted by Crippen LogP contribution is 2.37. The van der Waals surface area contributed by atoms with Crippen molar-refractivity contribution in [3.63, 3.8) is 0 Å². The Morgan fingerprint density at radius 3 is 2.57 bits per heavy atom. The van der Waals surface area contributed by atoms with Crippen LogP contribution in [0.15, 0.2) is 63.6 Å². The van der Waals surface area contributed by atoms with Crippen LogP contribution in [0.3, 0.4) is 0 Å². The summed E-state index contributed by atoms with van der Waals surface area (Å²) in [5.74, 6) is 1.49. The van der Waals surface area contributed by atoms with Crippen LogP contribution in [0.25, 0.3) is 33.5 Å². The van der Waals surface area contributed by atoms with E-state index < -0.39 is 0 Å². The zero-order valence-electron chi connectivity index (χ0n) is 12.9. The highest BCUT2D eigenvalue weighted by molar-refractivity contribution is 9.10. The minimum absolute atomic E-state index is 0.672. The summed E-state index contributed by atoms with van der Waals surface area (Å²) in [6, 6.07) is 16.5. The van der Waals surface area contributed by atoms with Gasteiger partial charge in [-0.05, 0) is 18.2 Å². The van der Waals surface area contributed by atoms with Crippen molar-refractivity contribution in [1.82, 2.24) is 9.55 Å². The van der Waals surface area contributed by atoms with Crippen molar-refractivity contribution in [3.05, 3.63) is 65.1 Å². The Morgan fingerprint density at radius 1 is 1.04 bits per heavy atom. The van der Waals surface area contributed by atoms with Gasteiger partial charge < -0.3 is 8.98 Å². The third kappa shape index (κ3) is 2.39. The molecule has 3 nitrogen and oxygen atoms in total. The summed E-state index contributed by atoms with van der Waals surface area (Å²) in [5, 5.41) is 1.17. The lowest BCUT2D eigenvalue weighted by Crippen LogP contribution is -1.83. The van der Waals surface area contributed by atoms with Gasteiger partial charge in [0.1, 0.15) is 5.69 Å². The van der Waals surface area contributed by atoms with E-state index in [0.29, 0.717) is 5.89 Å². The average molecular weight is 367 g/mol. The third-order valence-electron chi connectivity index (χ3n) is 3.99. The van der Waals surface area contributed by atoms with Crippen LogP contribution in [-0.2, 0) is 7.05 Å². The minimum atomic E-state index is 0.672. The molecule has 0 aliphatic heterocycles. The molecule has 0 amide bonds. The Bertz CT molecular complexity index is 996. The van der Waals surface area contributed by atoms with Crippen LogP contribution in [0, 0.1) is 6.92 Å². The molecule has 23 heavy (non-hydrogen) atoms. The van der Waals surface area contributed by atoms with E-state index in [1.54, 1.807) is 0 Å². The lowest BCUT2D eigenvalue weighted by Gasteiger charge is -2.01.